The molecule has 0 saturated carbocycles. The summed E-state index contributed by atoms with van der Waals surface area (Å²) in [5.74, 6) is 0.174. The van der Waals surface area contributed by atoms with Crippen molar-refractivity contribution in [3.8, 4) is 0 Å². The molecule has 19 heavy (non-hydrogen) atoms. The van der Waals surface area contributed by atoms with Crippen molar-refractivity contribution in [1.82, 2.24) is 9.88 Å². The smallest absolute Gasteiger partial charge is 0.228 e. The van der Waals surface area contributed by atoms with Crippen LogP contribution < -0.4 is 5.73 Å². The van der Waals surface area contributed by atoms with Gasteiger partial charge >= 0.3 is 0 Å². The highest BCUT2D eigenvalue weighted by Crippen LogP contribution is 2.28. The molecule has 1 amide bonds. The average Bonchev–Trinajstić information content (AvgIpc) is 2.80. The maximum atomic E-state index is 12.3. The van der Waals surface area contributed by atoms with E-state index in [1.807, 2.05) is 10.3 Å². The Bertz CT molecular complexity index is 455. The number of hydrogen-bond donors (Lipinski definition) is 1. The topological polar surface area (TPSA) is 59.2 Å². The van der Waals surface area contributed by atoms with Crippen LogP contribution in [0, 0.1) is 5.41 Å². The number of hydrogen-bond acceptors (Lipinski definition) is 4. The van der Waals surface area contributed by atoms with Crippen molar-refractivity contribution >= 4 is 17.2 Å². The fourth-order valence-electron chi connectivity index (χ4n) is 2.45. The first kappa shape index (κ1) is 14.5. The number of likely N-dealkylation sites (tertiary alicyclic amines) is 1. The summed E-state index contributed by atoms with van der Waals surface area (Å²) in [5.41, 5.74) is 7.01. The zero-order valence-electron chi connectivity index (χ0n) is 12.0. The summed E-state index contributed by atoms with van der Waals surface area (Å²) in [5, 5.41) is 3.10. The number of nitrogens with zero attached hydrogens (tertiary/aromatic N) is 2. The van der Waals surface area contributed by atoms with Crippen molar-refractivity contribution in [3.63, 3.8) is 0 Å². The van der Waals surface area contributed by atoms with Gasteiger partial charge in [0, 0.05) is 24.5 Å². The number of thiazole rings is 1. The number of carbonyl (C=O) groups is 1. The molecule has 4 nitrogen and oxygen atoms in total. The first-order valence-electron chi connectivity index (χ1n) is 6.89. The second-order valence-electron chi connectivity index (χ2n) is 5.96. The lowest BCUT2D eigenvalue weighted by molar-refractivity contribution is -0.133. The molecule has 0 radical (unpaired) electrons. The molecule has 0 spiro atoms. The van der Waals surface area contributed by atoms with Gasteiger partial charge in [-0.3, -0.25) is 4.79 Å². The normalized spacial score (nSPS) is 22.5. The molecule has 1 saturated heterocycles. The molecule has 1 aliphatic heterocycles. The van der Waals surface area contributed by atoms with Crippen LogP contribution in [0.1, 0.15) is 37.9 Å². The summed E-state index contributed by atoms with van der Waals surface area (Å²) in [7, 11) is 0. The van der Waals surface area contributed by atoms with Crippen molar-refractivity contribution in [2.24, 2.45) is 11.1 Å². The third-order valence-electron chi connectivity index (χ3n) is 3.90. The second kappa shape index (κ2) is 5.59. The number of piperidine rings is 1. The predicted molar refractivity (Wildman–Crippen MR) is 78.1 cm³/mol. The van der Waals surface area contributed by atoms with Crippen LogP contribution in [0.3, 0.4) is 0 Å². The minimum Gasteiger partial charge on any atom is -0.342 e. The quantitative estimate of drug-likeness (QED) is 0.919. The van der Waals surface area contributed by atoms with Gasteiger partial charge in [-0.05, 0) is 18.3 Å². The molecule has 0 aliphatic carbocycles. The van der Waals surface area contributed by atoms with E-state index in [1.165, 1.54) is 0 Å². The molecule has 1 aromatic heterocycles. The monoisotopic (exact) mass is 281 g/mol. The van der Waals surface area contributed by atoms with Crippen molar-refractivity contribution in [2.45, 2.75) is 46.1 Å². The van der Waals surface area contributed by atoms with Crippen LogP contribution in [0.15, 0.2) is 5.38 Å². The maximum absolute atomic E-state index is 12.3. The van der Waals surface area contributed by atoms with Crippen LogP contribution in [0.25, 0.3) is 0 Å². The lowest BCUT2D eigenvalue weighted by Gasteiger charge is -2.42. The van der Waals surface area contributed by atoms with Gasteiger partial charge in [-0.1, -0.05) is 20.8 Å². The van der Waals surface area contributed by atoms with E-state index in [4.69, 9.17) is 5.73 Å². The summed E-state index contributed by atoms with van der Waals surface area (Å²) in [4.78, 5) is 18.7. The van der Waals surface area contributed by atoms with Gasteiger partial charge in [0.25, 0.3) is 0 Å². The Morgan fingerprint density at radius 2 is 2.37 bits per heavy atom. The van der Waals surface area contributed by atoms with Crippen molar-refractivity contribution < 1.29 is 4.79 Å². The standard InChI is InChI=1S/C14H23N3OS/c1-4-12-16-10(8-19-12)7-13(18)17-6-5-11(15)14(2,3)9-17/h8,11H,4-7,9,15H2,1-3H3. The van der Waals surface area contributed by atoms with E-state index in [2.05, 4.69) is 25.8 Å². The van der Waals surface area contributed by atoms with Gasteiger partial charge in [0.05, 0.1) is 17.1 Å². The van der Waals surface area contributed by atoms with Gasteiger partial charge in [0.2, 0.25) is 5.91 Å². The van der Waals surface area contributed by atoms with Crippen LogP contribution in [-0.4, -0.2) is 34.9 Å². The summed E-state index contributed by atoms with van der Waals surface area (Å²) in [6, 6.07) is 0.183. The zero-order valence-corrected chi connectivity index (χ0v) is 12.8. The number of nitrogens with two attached hydrogens (primary N) is 1. The lowest BCUT2D eigenvalue weighted by atomic mass is 9.79. The molecule has 1 aromatic rings. The van der Waals surface area contributed by atoms with E-state index < -0.39 is 0 Å². The molecular formula is C14H23N3OS. The highest BCUT2D eigenvalue weighted by atomic mass is 32.1. The van der Waals surface area contributed by atoms with Crippen LogP contribution in [0.4, 0.5) is 0 Å². The molecule has 2 rings (SSSR count). The Hall–Kier alpha value is -0.940. The molecule has 1 unspecified atom stereocenters. The maximum Gasteiger partial charge on any atom is 0.228 e. The van der Waals surface area contributed by atoms with Crippen LogP contribution in [0.2, 0.25) is 0 Å². The number of aromatic nitrogens is 1. The predicted octanol–water partition coefficient (Wildman–Crippen LogP) is 1.83. The zero-order chi connectivity index (χ0) is 14.0. The van der Waals surface area contributed by atoms with E-state index in [1.54, 1.807) is 11.3 Å². The second-order valence-corrected chi connectivity index (χ2v) is 6.90. The molecule has 2 N–H and O–H groups in total. The molecule has 1 aliphatic rings. The van der Waals surface area contributed by atoms with Crippen molar-refractivity contribution in [3.05, 3.63) is 16.1 Å². The molecule has 0 bridgehead atoms. The Morgan fingerprint density at radius 1 is 1.63 bits per heavy atom. The van der Waals surface area contributed by atoms with Gasteiger partial charge in [-0.25, -0.2) is 4.98 Å². The average molecular weight is 281 g/mol. The fourth-order valence-corrected chi connectivity index (χ4v) is 3.19. The Morgan fingerprint density at radius 3 is 2.95 bits per heavy atom. The third-order valence-corrected chi connectivity index (χ3v) is 4.94. The minimum atomic E-state index is 0.00453. The number of amides is 1. The molecule has 1 atom stereocenters. The first-order valence-corrected chi connectivity index (χ1v) is 7.77. The molecule has 1 fully saturated rings. The van der Waals surface area contributed by atoms with Gasteiger partial charge in [-0.2, -0.15) is 0 Å². The molecule has 0 aromatic carbocycles. The van der Waals surface area contributed by atoms with Crippen molar-refractivity contribution in [2.75, 3.05) is 13.1 Å². The Kier molecular flexibility index (Phi) is 4.26. The van der Waals surface area contributed by atoms with Crippen LogP contribution in [0.5, 0.6) is 0 Å². The highest BCUT2D eigenvalue weighted by molar-refractivity contribution is 7.09. The van der Waals surface area contributed by atoms with Crippen molar-refractivity contribution in [1.29, 1.82) is 0 Å². The largest absolute Gasteiger partial charge is 0.342 e. The van der Waals surface area contributed by atoms with Gasteiger partial charge in [0.15, 0.2) is 0 Å². The van der Waals surface area contributed by atoms with Gasteiger partial charge in [-0.15, -0.1) is 11.3 Å². The van der Waals surface area contributed by atoms with E-state index in [-0.39, 0.29) is 17.4 Å². The molecule has 106 valence electrons. The summed E-state index contributed by atoms with van der Waals surface area (Å²) in [6.07, 6.45) is 2.24. The van der Waals surface area contributed by atoms with E-state index in [0.29, 0.717) is 6.42 Å². The first-order chi connectivity index (χ1) is 8.92. The van der Waals surface area contributed by atoms with E-state index >= 15 is 0 Å². The van der Waals surface area contributed by atoms with Crippen LogP contribution in [-0.2, 0) is 17.6 Å². The summed E-state index contributed by atoms with van der Waals surface area (Å²) < 4.78 is 0. The summed E-state index contributed by atoms with van der Waals surface area (Å²) in [6.45, 7) is 7.87. The number of rotatable bonds is 3. The fraction of sp³-hybridized carbons (Fsp3) is 0.714. The van der Waals surface area contributed by atoms with Gasteiger partial charge in [0.1, 0.15) is 0 Å². The summed E-state index contributed by atoms with van der Waals surface area (Å²) >= 11 is 1.64. The molecule has 5 heteroatoms. The third kappa shape index (κ3) is 3.34. The van der Waals surface area contributed by atoms with E-state index in [9.17, 15) is 4.79 Å². The van der Waals surface area contributed by atoms with E-state index in [0.717, 1.165) is 36.6 Å². The Labute approximate surface area is 119 Å². The number of carbonyl (C=O) groups excluding carboxylic acids is 1. The van der Waals surface area contributed by atoms with Gasteiger partial charge < -0.3 is 10.6 Å². The SMILES string of the molecule is CCc1nc(CC(=O)N2CCC(N)C(C)(C)C2)cs1. The Balaban J connectivity index is 1.97. The molecule has 2 heterocycles. The highest BCUT2D eigenvalue weighted by Gasteiger charge is 2.35. The number of aryl methyl sites for hydroxylation is 1. The lowest BCUT2D eigenvalue weighted by Crippen LogP contribution is -2.54. The van der Waals surface area contributed by atoms with Crippen LogP contribution >= 0.6 is 11.3 Å². The minimum absolute atomic E-state index is 0.00453. The molecular weight excluding hydrogens is 258 g/mol.